The molecule has 0 aliphatic heterocycles. The second-order valence-electron chi connectivity index (χ2n) is 4.16. The van der Waals surface area contributed by atoms with Crippen LogP contribution in [0, 0.1) is 11.8 Å². The van der Waals surface area contributed by atoms with Crippen LogP contribution in [0.4, 0.5) is 0 Å². The van der Waals surface area contributed by atoms with Crippen LogP contribution in [0.1, 0.15) is 40.0 Å². The smallest absolute Gasteiger partial charge is 0.162 e. The van der Waals surface area contributed by atoms with Crippen LogP contribution in [0.3, 0.4) is 0 Å². The first-order valence-corrected chi connectivity index (χ1v) is 5.54. The zero-order valence-corrected chi connectivity index (χ0v) is 9.42. The molecule has 1 aliphatic carbocycles. The quantitative estimate of drug-likeness (QED) is 0.494. The van der Waals surface area contributed by atoms with E-state index in [0.29, 0.717) is 5.92 Å². The molecule has 14 heavy (non-hydrogen) atoms. The van der Waals surface area contributed by atoms with Crippen LogP contribution in [-0.2, 0) is 4.79 Å². The van der Waals surface area contributed by atoms with Crippen LogP contribution in [0.2, 0.25) is 0 Å². The van der Waals surface area contributed by atoms with Gasteiger partial charge >= 0.3 is 0 Å². The predicted octanol–water partition coefficient (Wildman–Crippen LogP) is 3.51. The number of hydrogen-bond donors (Lipinski definition) is 0. The van der Waals surface area contributed by atoms with Gasteiger partial charge in [-0.1, -0.05) is 31.6 Å². The molecule has 2 atom stereocenters. The highest BCUT2D eigenvalue weighted by Crippen LogP contribution is 2.31. The Labute approximate surface area is 86.9 Å². The van der Waals surface area contributed by atoms with Gasteiger partial charge in [0.15, 0.2) is 5.78 Å². The maximum atomic E-state index is 11.8. The summed E-state index contributed by atoms with van der Waals surface area (Å²) in [5.41, 5.74) is 1.34. The Morgan fingerprint density at radius 1 is 1.64 bits per heavy atom. The topological polar surface area (TPSA) is 17.1 Å². The molecule has 1 rings (SSSR count). The van der Waals surface area contributed by atoms with Crippen molar-refractivity contribution in [2.24, 2.45) is 11.8 Å². The van der Waals surface area contributed by atoms with Gasteiger partial charge in [0.1, 0.15) is 0 Å². The largest absolute Gasteiger partial charge is 0.294 e. The molecule has 0 spiro atoms. The number of rotatable bonds is 3. The molecule has 0 N–H and O–H groups in total. The molecule has 2 unspecified atom stereocenters. The third-order valence-electron chi connectivity index (χ3n) is 2.95. The Bertz CT molecular complexity index is 260. The third kappa shape index (κ3) is 2.57. The second kappa shape index (κ2) is 5.14. The van der Waals surface area contributed by atoms with Crippen molar-refractivity contribution in [3.05, 3.63) is 23.8 Å². The van der Waals surface area contributed by atoms with Gasteiger partial charge in [0.05, 0.1) is 0 Å². The summed E-state index contributed by atoms with van der Waals surface area (Å²) in [6.45, 7) is 6.26. The molecule has 1 nitrogen and oxygen atoms in total. The third-order valence-corrected chi connectivity index (χ3v) is 2.95. The lowest BCUT2D eigenvalue weighted by Crippen LogP contribution is -2.21. The molecule has 0 bridgehead atoms. The Morgan fingerprint density at radius 2 is 2.36 bits per heavy atom. The lowest BCUT2D eigenvalue weighted by Gasteiger charge is -2.25. The van der Waals surface area contributed by atoms with Crippen LogP contribution in [0.15, 0.2) is 23.8 Å². The molecular weight excluding hydrogens is 172 g/mol. The molecule has 1 heteroatoms. The highest BCUT2D eigenvalue weighted by Gasteiger charge is 2.25. The van der Waals surface area contributed by atoms with Gasteiger partial charge in [-0.2, -0.15) is 0 Å². The van der Waals surface area contributed by atoms with Crippen molar-refractivity contribution in [3.63, 3.8) is 0 Å². The minimum atomic E-state index is 0.167. The summed E-state index contributed by atoms with van der Waals surface area (Å²) in [6.07, 6.45) is 9.01. The summed E-state index contributed by atoms with van der Waals surface area (Å²) in [6, 6.07) is 0. The monoisotopic (exact) mass is 192 g/mol. The summed E-state index contributed by atoms with van der Waals surface area (Å²) in [4.78, 5) is 11.8. The van der Waals surface area contributed by atoms with Crippen LogP contribution >= 0.6 is 0 Å². The van der Waals surface area contributed by atoms with Crippen LogP contribution < -0.4 is 0 Å². The van der Waals surface area contributed by atoms with Gasteiger partial charge in [0.25, 0.3) is 0 Å². The van der Waals surface area contributed by atoms with E-state index in [2.05, 4.69) is 19.9 Å². The van der Waals surface area contributed by atoms with Crippen molar-refractivity contribution in [1.82, 2.24) is 0 Å². The fourth-order valence-electron chi connectivity index (χ4n) is 2.11. The maximum absolute atomic E-state index is 11.8. The standard InChI is InChI=1S/C13H20O/c1-4-6-13(14)12-9-10(3)7-8-11(12)5-2/h4,6,8,10,12H,5,7,9H2,1-3H3. The number of carbonyl (C=O) groups is 1. The zero-order chi connectivity index (χ0) is 10.6. The van der Waals surface area contributed by atoms with Gasteiger partial charge in [-0.05, 0) is 38.2 Å². The van der Waals surface area contributed by atoms with Crippen molar-refractivity contribution in [2.45, 2.75) is 40.0 Å². The SMILES string of the molecule is CC=CC(=O)C1CC(C)CC=C1CC. The maximum Gasteiger partial charge on any atom is 0.162 e. The minimum absolute atomic E-state index is 0.167. The van der Waals surface area contributed by atoms with E-state index in [4.69, 9.17) is 0 Å². The van der Waals surface area contributed by atoms with Crippen molar-refractivity contribution in [3.8, 4) is 0 Å². The Kier molecular flexibility index (Phi) is 4.12. The molecule has 1 aliphatic rings. The average Bonchev–Trinajstić information content (AvgIpc) is 2.18. The van der Waals surface area contributed by atoms with Gasteiger partial charge < -0.3 is 0 Å². The Hall–Kier alpha value is -0.850. The Balaban J connectivity index is 2.78. The molecule has 0 aromatic heterocycles. The second-order valence-corrected chi connectivity index (χ2v) is 4.16. The van der Waals surface area contributed by atoms with Gasteiger partial charge in [-0.15, -0.1) is 0 Å². The molecule has 0 amide bonds. The van der Waals surface area contributed by atoms with Gasteiger partial charge in [0.2, 0.25) is 0 Å². The normalized spacial score (nSPS) is 27.8. The van der Waals surface area contributed by atoms with E-state index in [1.54, 1.807) is 6.08 Å². The van der Waals surface area contributed by atoms with Gasteiger partial charge in [-0.3, -0.25) is 4.79 Å². The van der Waals surface area contributed by atoms with Gasteiger partial charge in [-0.25, -0.2) is 0 Å². The fraction of sp³-hybridized carbons (Fsp3) is 0.615. The molecule has 0 fully saturated rings. The highest BCUT2D eigenvalue weighted by molar-refractivity contribution is 5.93. The zero-order valence-electron chi connectivity index (χ0n) is 9.42. The first-order valence-electron chi connectivity index (χ1n) is 5.54. The van der Waals surface area contributed by atoms with Crippen LogP contribution in [-0.4, -0.2) is 5.78 Å². The molecule has 0 aromatic carbocycles. The van der Waals surface area contributed by atoms with E-state index < -0.39 is 0 Å². The first-order chi connectivity index (χ1) is 6.69. The van der Waals surface area contributed by atoms with E-state index in [9.17, 15) is 4.79 Å². The van der Waals surface area contributed by atoms with E-state index >= 15 is 0 Å². The first kappa shape index (κ1) is 11.2. The number of hydrogen-bond acceptors (Lipinski definition) is 1. The molecule has 0 saturated carbocycles. The molecule has 0 aromatic rings. The van der Waals surface area contributed by atoms with Crippen molar-refractivity contribution >= 4 is 5.78 Å². The molecule has 0 saturated heterocycles. The van der Waals surface area contributed by atoms with Crippen LogP contribution in [0.5, 0.6) is 0 Å². The summed E-state index contributed by atoms with van der Waals surface area (Å²) in [5, 5.41) is 0. The van der Waals surface area contributed by atoms with Gasteiger partial charge in [0, 0.05) is 5.92 Å². The summed E-state index contributed by atoms with van der Waals surface area (Å²) < 4.78 is 0. The minimum Gasteiger partial charge on any atom is -0.294 e. The summed E-state index contributed by atoms with van der Waals surface area (Å²) in [7, 11) is 0. The average molecular weight is 192 g/mol. The van der Waals surface area contributed by atoms with Crippen molar-refractivity contribution in [1.29, 1.82) is 0 Å². The molecular formula is C13H20O. The number of carbonyl (C=O) groups excluding carboxylic acids is 1. The lowest BCUT2D eigenvalue weighted by atomic mass is 9.78. The fourth-order valence-corrected chi connectivity index (χ4v) is 2.11. The number of ketones is 1. The summed E-state index contributed by atoms with van der Waals surface area (Å²) in [5.74, 6) is 1.11. The Morgan fingerprint density at radius 3 is 2.93 bits per heavy atom. The van der Waals surface area contributed by atoms with E-state index in [1.165, 1.54) is 5.57 Å². The van der Waals surface area contributed by atoms with E-state index in [1.807, 2.05) is 13.0 Å². The predicted molar refractivity (Wildman–Crippen MR) is 60.1 cm³/mol. The molecule has 78 valence electrons. The summed E-state index contributed by atoms with van der Waals surface area (Å²) >= 11 is 0. The lowest BCUT2D eigenvalue weighted by molar-refractivity contribution is -0.117. The van der Waals surface area contributed by atoms with Crippen molar-refractivity contribution < 1.29 is 4.79 Å². The molecule has 0 heterocycles. The molecule has 0 radical (unpaired) electrons. The highest BCUT2D eigenvalue weighted by atomic mass is 16.1. The van der Waals surface area contributed by atoms with E-state index in [-0.39, 0.29) is 11.7 Å². The van der Waals surface area contributed by atoms with E-state index in [0.717, 1.165) is 19.3 Å². The van der Waals surface area contributed by atoms with Crippen molar-refractivity contribution in [2.75, 3.05) is 0 Å². The van der Waals surface area contributed by atoms with Crippen LogP contribution in [0.25, 0.3) is 0 Å². The number of allylic oxidation sites excluding steroid dienone is 4.